The van der Waals surface area contributed by atoms with Crippen molar-refractivity contribution < 1.29 is 14.3 Å². The Balaban J connectivity index is 0.00000200. The molecule has 2 atom stereocenters. The van der Waals surface area contributed by atoms with Gasteiger partial charge in [0.15, 0.2) is 11.5 Å². The van der Waals surface area contributed by atoms with Gasteiger partial charge in [-0.15, -0.1) is 12.4 Å². The Morgan fingerprint density at radius 1 is 1.45 bits per heavy atom. The molecule has 0 radical (unpaired) electrons. The first kappa shape index (κ1) is 16.6. The zero-order valence-corrected chi connectivity index (χ0v) is 12.5. The van der Waals surface area contributed by atoms with Crippen molar-refractivity contribution in [3.8, 4) is 11.5 Å². The summed E-state index contributed by atoms with van der Waals surface area (Å²) in [6, 6.07) is 5.16. The van der Waals surface area contributed by atoms with Crippen LogP contribution in [0.5, 0.6) is 11.5 Å². The second-order valence-corrected chi connectivity index (χ2v) is 4.78. The lowest BCUT2D eigenvalue weighted by Gasteiger charge is -2.18. The molecule has 20 heavy (non-hydrogen) atoms. The number of carbonyl (C=O) groups excluding carboxylic acids is 1. The van der Waals surface area contributed by atoms with Crippen LogP contribution < -0.4 is 20.5 Å². The average Bonchev–Trinajstić information content (AvgIpc) is 2.91. The standard InChI is InChI=1S/C14H20N2O3.ClH/c1-3-9(2)12(15)14(17)16-7-10-5-4-6-11-13(10)19-8-18-11;/h4-6,9,12H,3,7-8,15H2,1-2H3,(H,16,17);1H. The highest BCUT2D eigenvalue weighted by Gasteiger charge is 2.21. The lowest BCUT2D eigenvalue weighted by molar-refractivity contribution is -0.123. The molecule has 1 amide bonds. The molecule has 0 aromatic heterocycles. The maximum atomic E-state index is 11.9. The third-order valence-electron chi connectivity index (χ3n) is 3.49. The van der Waals surface area contributed by atoms with Gasteiger partial charge in [0.2, 0.25) is 12.7 Å². The van der Waals surface area contributed by atoms with E-state index in [0.29, 0.717) is 12.3 Å². The maximum absolute atomic E-state index is 11.9. The van der Waals surface area contributed by atoms with Crippen molar-refractivity contribution in [1.29, 1.82) is 0 Å². The number of amides is 1. The van der Waals surface area contributed by atoms with E-state index < -0.39 is 6.04 Å². The van der Waals surface area contributed by atoms with Crippen LogP contribution in [0.15, 0.2) is 18.2 Å². The minimum absolute atomic E-state index is 0. The Hall–Kier alpha value is -1.46. The maximum Gasteiger partial charge on any atom is 0.237 e. The Morgan fingerprint density at radius 2 is 2.20 bits per heavy atom. The Kier molecular flexibility index (Phi) is 6.10. The van der Waals surface area contributed by atoms with Crippen molar-refractivity contribution in [2.45, 2.75) is 32.9 Å². The first-order valence-electron chi connectivity index (χ1n) is 6.54. The monoisotopic (exact) mass is 300 g/mol. The van der Waals surface area contributed by atoms with Crippen molar-refractivity contribution in [3.63, 3.8) is 0 Å². The number of ether oxygens (including phenoxy) is 2. The summed E-state index contributed by atoms with van der Waals surface area (Å²) in [5.41, 5.74) is 6.78. The summed E-state index contributed by atoms with van der Waals surface area (Å²) in [6.07, 6.45) is 0.881. The molecule has 0 spiro atoms. The van der Waals surface area contributed by atoms with Gasteiger partial charge in [-0.3, -0.25) is 4.79 Å². The van der Waals surface area contributed by atoms with Gasteiger partial charge in [0.25, 0.3) is 0 Å². The highest BCUT2D eigenvalue weighted by atomic mass is 35.5. The predicted octanol–water partition coefficient (Wildman–Crippen LogP) is 1.83. The SMILES string of the molecule is CCC(C)C(N)C(=O)NCc1cccc2c1OCO2.Cl. The lowest BCUT2D eigenvalue weighted by atomic mass is 9.99. The van der Waals surface area contributed by atoms with Crippen molar-refractivity contribution in [3.05, 3.63) is 23.8 Å². The van der Waals surface area contributed by atoms with Crippen molar-refractivity contribution in [2.75, 3.05) is 6.79 Å². The molecule has 1 aromatic rings. The molecule has 112 valence electrons. The third-order valence-corrected chi connectivity index (χ3v) is 3.49. The van der Waals surface area contributed by atoms with E-state index in [9.17, 15) is 4.79 Å². The van der Waals surface area contributed by atoms with Crippen LogP contribution in [0, 0.1) is 5.92 Å². The van der Waals surface area contributed by atoms with Crippen LogP contribution in [0.3, 0.4) is 0 Å². The molecule has 0 aliphatic carbocycles. The fourth-order valence-electron chi connectivity index (χ4n) is 1.94. The summed E-state index contributed by atoms with van der Waals surface area (Å²) < 4.78 is 10.7. The molecule has 0 fully saturated rings. The molecule has 0 saturated heterocycles. The number of rotatable bonds is 5. The summed E-state index contributed by atoms with van der Waals surface area (Å²) in [4.78, 5) is 11.9. The van der Waals surface area contributed by atoms with Crippen molar-refractivity contribution in [1.82, 2.24) is 5.32 Å². The number of fused-ring (bicyclic) bond motifs is 1. The molecule has 3 N–H and O–H groups in total. The average molecular weight is 301 g/mol. The Labute approximate surface area is 125 Å². The van der Waals surface area contributed by atoms with Crippen LogP contribution in [-0.2, 0) is 11.3 Å². The summed E-state index contributed by atoms with van der Waals surface area (Å²) in [5.74, 6) is 1.46. The predicted molar refractivity (Wildman–Crippen MR) is 79.1 cm³/mol. The quantitative estimate of drug-likeness (QED) is 0.870. The zero-order valence-electron chi connectivity index (χ0n) is 11.7. The second kappa shape index (κ2) is 7.36. The normalized spacial score (nSPS) is 15.2. The third kappa shape index (κ3) is 3.55. The van der Waals surface area contributed by atoms with E-state index >= 15 is 0 Å². The molecular formula is C14H21ClN2O3. The first-order chi connectivity index (χ1) is 9.13. The van der Waals surface area contributed by atoms with E-state index in [1.54, 1.807) is 0 Å². The molecule has 6 heteroatoms. The number of nitrogens with two attached hydrogens (primary N) is 1. The fourth-order valence-corrected chi connectivity index (χ4v) is 1.94. The smallest absolute Gasteiger partial charge is 0.237 e. The summed E-state index contributed by atoms with van der Waals surface area (Å²) in [7, 11) is 0. The van der Waals surface area contributed by atoms with Crippen LogP contribution in [0.1, 0.15) is 25.8 Å². The Bertz CT molecular complexity index is 468. The summed E-state index contributed by atoms with van der Waals surface area (Å²) >= 11 is 0. The fraction of sp³-hybridized carbons (Fsp3) is 0.500. The van der Waals surface area contributed by atoms with Crippen molar-refractivity contribution in [2.24, 2.45) is 11.7 Å². The minimum Gasteiger partial charge on any atom is -0.454 e. The molecule has 0 bridgehead atoms. The van der Waals surface area contributed by atoms with Crippen LogP contribution in [0.2, 0.25) is 0 Å². The minimum atomic E-state index is -0.473. The van der Waals surface area contributed by atoms with Crippen LogP contribution in [0.4, 0.5) is 0 Å². The Morgan fingerprint density at radius 3 is 2.90 bits per heavy atom. The topological polar surface area (TPSA) is 73.6 Å². The lowest BCUT2D eigenvalue weighted by Crippen LogP contribution is -2.44. The van der Waals surface area contributed by atoms with Gasteiger partial charge in [-0.2, -0.15) is 0 Å². The molecule has 0 saturated carbocycles. The number of hydrogen-bond donors (Lipinski definition) is 2. The second-order valence-electron chi connectivity index (χ2n) is 4.78. The molecule has 1 aromatic carbocycles. The molecule has 2 rings (SSSR count). The molecular weight excluding hydrogens is 280 g/mol. The van der Waals surface area contributed by atoms with Gasteiger partial charge >= 0.3 is 0 Å². The van der Waals surface area contributed by atoms with Gasteiger partial charge in [-0.05, 0) is 12.0 Å². The van der Waals surface area contributed by atoms with Crippen LogP contribution in [-0.4, -0.2) is 18.7 Å². The van der Waals surface area contributed by atoms with Crippen LogP contribution in [0.25, 0.3) is 0 Å². The molecule has 2 unspecified atom stereocenters. The zero-order chi connectivity index (χ0) is 13.8. The van der Waals surface area contributed by atoms with E-state index in [0.717, 1.165) is 17.7 Å². The van der Waals surface area contributed by atoms with Gasteiger partial charge in [0, 0.05) is 12.1 Å². The van der Waals surface area contributed by atoms with E-state index in [-0.39, 0.29) is 31.0 Å². The first-order valence-corrected chi connectivity index (χ1v) is 6.54. The number of para-hydroxylation sites is 1. The van der Waals surface area contributed by atoms with Gasteiger partial charge in [-0.1, -0.05) is 32.4 Å². The summed E-state index contributed by atoms with van der Waals surface area (Å²) in [5, 5.41) is 2.84. The molecule has 1 heterocycles. The van der Waals surface area contributed by atoms with Gasteiger partial charge in [0.1, 0.15) is 0 Å². The van der Waals surface area contributed by atoms with E-state index in [2.05, 4.69) is 5.32 Å². The van der Waals surface area contributed by atoms with Gasteiger partial charge < -0.3 is 20.5 Å². The van der Waals surface area contributed by atoms with E-state index in [1.165, 1.54) is 0 Å². The number of carbonyl (C=O) groups is 1. The van der Waals surface area contributed by atoms with Crippen LogP contribution >= 0.6 is 12.4 Å². The number of benzene rings is 1. The number of halogens is 1. The van der Waals surface area contributed by atoms with Gasteiger partial charge in [-0.25, -0.2) is 0 Å². The largest absolute Gasteiger partial charge is 0.454 e. The summed E-state index contributed by atoms with van der Waals surface area (Å²) in [6.45, 7) is 4.62. The number of hydrogen-bond acceptors (Lipinski definition) is 4. The molecule has 1 aliphatic rings. The van der Waals surface area contributed by atoms with E-state index in [4.69, 9.17) is 15.2 Å². The van der Waals surface area contributed by atoms with Gasteiger partial charge in [0.05, 0.1) is 6.04 Å². The number of nitrogens with one attached hydrogen (secondary N) is 1. The van der Waals surface area contributed by atoms with Crippen molar-refractivity contribution >= 4 is 18.3 Å². The molecule has 1 aliphatic heterocycles. The highest BCUT2D eigenvalue weighted by molar-refractivity contribution is 5.85. The molecule has 5 nitrogen and oxygen atoms in total. The van der Waals surface area contributed by atoms with E-state index in [1.807, 2.05) is 32.0 Å². The highest BCUT2D eigenvalue weighted by Crippen LogP contribution is 2.35.